The van der Waals surface area contributed by atoms with Crippen molar-refractivity contribution >= 4 is 0 Å². The molecule has 0 saturated carbocycles. The third-order valence-electron chi connectivity index (χ3n) is 3.04. The van der Waals surface area contributed by atoms with E-state index in [9.17, 15) is 4.39 Å². The Kier molecular flexibility index (Phi) is 3.53. The van der Waals surface area contributed by atoms with Gasteiger partial charge in [-0.2, -0.15) is 0 Å². The average molecular weight is 224 g/mol. The SMILES string of the molecule is Cc1cc(F)cc(C(NN)C2CCOC2)c1. The molecule has 0 aliphatic carbocycles. The summed E-state index contributed by atoms with van der Waals surface area (Å²) < 4.78 is 18.6. The molecule has 3 N–H and O–H groups in total. The lowest BCUT2D eigenvalue weighted by atomic mass is 9.92. The molecule has 88 valence electrons. The third-order valence-corrected chi connectivity index (χ3v) is 3.04. The van der Waals surface area contributed by atoms with Crippen molar-refractivity contribution < 1.29 is 9.13 Å². The van der Waals surface area contributed by atoms with Gasteiger partial charge in [0.05, 0.1) is 12.6 Å². The summed E-state index contributed by atoms with van der Waals surface area (Å²) in [7, 11) is 0. The van der Waals surface area contributed by atoms with Gasteiger partial charge in [-0.15, -0.1) is 0 Å². The summed E-state index contributed by atoms with van der Waals surface area (Å²) in [4.78, 5) is 0. The van der Waals surface area contributed by atoms with Crippen LogP contribution in [-0.2, 0) is 4.74 Å². The van der Waals surface area contributed by atoms with Gasteiger partial charge in [0.15, 0.2) is 0 Å². The van der Waals surface area contributed by atoms with Gasteiger partial charge in [-0.25, -0.2) is 4.39 Å². The second kappa shape index (κ2) is 4.91. The van der Waals surface area contributed by atoms with E-state index >= 15 is 0 Å². The topological polar surface area (TPSA) is 47.3 Å². The van der Waals surface area contributed by atoms with E-state index in [1.807, 2.05) is 13.0 Å². The number of hydrogen-bond acceptors (Lipinski definition) is 3. The summed E-state index contributed by atoms with van der Waals surface area (Å²) >= 11 is 0. The number of rotatable bonds is 3. The van der Waals surface area contributed by atoms with Crippen LogP contribution < -0.4 is 11.3 Å². The van der Waals surface area contributed by atoms with Crippen molar-refractivity contribution in [1.29, 1.82) is 0 Å². The molecule has 1 aromatic rings. The van der Waals surface area contributed by atoms with Crippen LogP contribution in [0.5, 0.6) is 0 Å². The summed E-state index contributed by atoms with van der Waals surface area (Å²) in [5.74, 6) is 5.67. The van der Waals surface area contributed by atoms with Crippen molar-refractivity contribution in [2.75, 3.05) is 13.2 Å². The Morgan fingerprint density at radius 2 is 2.31 bits per heavy atom. The predicted molar refractivity (Wildman–Crippen MR) is 60.1 cm³/mol. The van der Waals surface area contributed by atoms with E-state index in [2.05, 4.69) is 5.43 Å². The van der Waals surface area contributed by atoms with E-state index < -0.39 is 0 Å². The smallest absolute Gasteiger partial charge is 0.123 e. The van der Waals surface area contributed by atoms with Gasteiger partial charge in [-0.1, -0.05) is 6.07 Å². The average Bonchev–Trinajstić information content (AvgIpc) is 2.70. The maximum Gasteiger partial charge on any atom is 0.123 e. The predicted octanol–water partition coefficient (Wildman–Crippen LogP) is 1.68. The Balaban J connectivity index is 2.24. The lowest BCUT2D eigenvalue weighted by Crippen LogP contribution is -2.34. The highest BCUT2D eigenvalue weighted by atomic mass is 19.1. The molecule has 0 radical (unpaired) electrons. The first-order chi connectivity index (χ1) is 7.70. The molecule has 1 aliphatic rings. The van der Waals surface area contributed by atoms with E-state index in [-0.39, 0.29) is 11.9 Å². The molecule has 0 aromatic heterocycles. The lowest BCUT2D eigenvalue weighted by molar-refractivity contribution is 0.176. The fourth-order valence-corrected chi connectivity index (χ4v) is 2.26. The summed E-state index contributed by atoms with van der Waals surface area (Å²) in [5.41, 5.74) is 4.58. The van der Waals surface area contributed by atoms with E-state index in [1.54, 1.807) is 0 Å². The zero-order valence-corrected chi connectivity index (χ0v) is 9.37. The Hall–Kier alpha value is -0.970. The first-order valence-corrected chi connectivity index (χ1v) is 5.51. The molecule has 16 heavy (non-hydrogen) atoms. The molecule has 1 aromatic carbocycles. The van der Waals surface area contributed by atoms with Crippen LogP contribution in [0.4, 0.5) is 4.39 Å². The number of nitrogens with two attached hydrogens (primary N) is 1. The molecule has 3 nitrogen and oxygen atoms in total. The van der Waals surface area contributed by atoms with Crippen molar-refractivity contribution in [2.24, 2.45) is 11.8 Å². The normalized spacial score (nSPS) is 22.3. The summed E-state index contributed by atoms with van der Waals surface area (Å²) in [6.45, 7) is 3.33. The van der Waals surface area contributed by atoms with Crippen LogP contribution >= 0.6 is 0 Å². The van der Waals surface area contributed by atoms with Crippen LogP contribution in [0.15, 0.2) is 18.2 Å². The third kappa shape index (κ3) is 2.40. The second-order valence-electron chi connectivity index (χ2n) is 4.33. The van der Waals surface area contributed by atoms with Crippen molar-refractivity contribution in [3.8, 4) is 0 Å². The zero-order valence-electron chi connectivity index (χ0n) is 9.37. The summed E-state index contributed by atoms with van der Waals surface area (Å²) in [6, 6.07) is 4.99. The highest BCUT2D eigenvalue weighted by Gasteiger charge is 2.26. The van der Waals surface area contributed by atoms with Crippen molar-refractivity contribution in [2.45, 2.75) is 19.4 Å². The second-order valence-corrected chi connectivity index (χ2v) is 4.33. The summed E-state index contributed by atoms with van der Waals surface area (Å²) in [6.07, 6.45) is 0.963. The van der Waals surface area contributed by atoms with E-state index in [4.69, 9.17) is 10.6 Å². The van der Waals surface area contributed by atoms with Gasteiger partial charge in [-0.3, -0.25) is 11.3 Å². The van der Waals surface area contributed by atoms with Gasteiger partial charge in [0.1, 0.15) is 5.82 Å². The Bertz CT molecular complexity index is 344. The number of ether oxygens (including phenoxy) is 1. The van der Waals surface area contributed by atoms with Crippen LogP contribution in [0.3, 0.4) is 0 Å². The molecule has 2 rings (SSSR count). The number of hydrogen-bond donors (Lipinski definition) is 2. The number of hydrazine groups is 1. The monoisotopic (exact) mass is 224 g/mol. The Labute approximate surface area is 94.8 Å². The highest BCUT2D eigenvalue weighted by molar-refractivity contribution is 5.26. The van der Waals surface area contributed by atoms with Crippen molar-refractivity contribution in [3.05, 3.63) is 35.1 Å². The first kappa shape index (κ1) is 11.5. The van der Waals surface area contributed by atoms with Crippen molar-refractivity contribution in [3.63, 3.8) is 0 Å². The Morgan fingerprint density at radius 3 is 2.88 bits per heavy atom. The van der Waals surface area contributed by atoms with Crippen LogP contribution in [0.2, 0.25) is 0 Å². The molecule has 0 bridgehead atoms. The van der Waals surface area contributed by atoms with Gasteiger partial charge in [0.25, 0.3) is 0 Å². The molecule has 2 unspecified atom stereocenters. The molecule has 1 fully saturated rings. The minimum atomic E-state index is -0.214. The molecule has 1 saturated heterocycles. The first-order valence-electron chi connectivity index (χ1n) is 5.51. The van der Waals surface area contributed by atoms with E-state index in [0.29, 0.717) is 12.5 Å². The van der Waals surface area contributed by atoms with Crippen LogP contribution in [0.25, 0.3) is 0 Å². The van der Waals surface area contributed by atoms with Gasteiger partial charge in [-0.05, 0) is 36.6 Å². The molecule has 0 spiro atoms. The molecule has 1 heterocycles. The molecule has 2 atom stereocenters. The fraction of sp³-hybridized carbons (Fsp3) is 0.500. The van der Waals surface area contributed by atoms with Crippen molar-refractivity contribution in [1.82, 2.24) is 5.43 Å². The zero-order chi connectivity index (χ0) is 11.5. The largest absolute Gasteiger partial charge is 0.381 e. The minimum Gasteiger partial charge on any atom is -0.381 e. The number of benzene rings is 1. The number of nitrogens with one attached hydrogen (secondary N) is 1. The van der Waals surface area contributed by atoms with Crippen LogP contribution in [0.1, 0.15) is 23.6 Å². The Morgan fingerprint density at radius 1 is 1.50 bits per heavy atom. The standard InChI is InChI=1S/C12H17FN2O/c1-8-4-10(6-11(13)5-8)12(15-14)9-2-3-16-7-9/h4-6,9,12,15H,2-3,7,14H2,1H3. The van der Waals surface area contributed by atoms with Gasteiger partial charge >= 0.3 is 0 Å². The molecule has 1 aliphatic heterocycles. The van der Waals surface area contributed by atoms with E-state index in [1.165, 1.54) is 12.1 Å². The quantitative estimate of drug-likeness (QED) is 0.606. The van der Waals surface area contributed by atoms with Gasteiger partial charge < -0.3 is 4.74 Å². The molecule has 0 amide bonds. The maximum absolute atomic E-state index is 13.3. The van der Waals surface area contributed by atoms with Gasteiger partial charge in [0, 0.05) is 12.5 Å². The van der Waals surface area contributed by atoms with E-state index in [0.717, 1.165) is 24.2 Å². The van der Waals surface area contributed by atoms with Gasteiger partial charge in [0.2, 0.25) is 0 Å². The lowest BCUT2D eigenvalue weighted by Gasteiger charge is -2.22. The summed E-state index contributed by atoms with van der Waals surface area (Å²) in [5, 5.41) is 0. The maximum atomic E-state index is 13.3. The van der Waals surface area contributed by atoms with Crippen LogP contribution in [0, 0.1) is 18.7 Å². The highest BCUT2D eigenvalue weighted by Crippen LogP contribution is 2.29. The number of aryl methyl sites for hydroxylation is 1. The fourth-order valence-electron chi connectivity index (χ4n) is 2.26. The van der Waals surface area contributed by atoms with Crippen LogP contribution in [-0.4, -0.2) is 13.2 Å². The minimum absolute atomic E-state index is 0.0306. The molecular weight excluding hydrogens is 207 g/mol. The molecular formula is C12H17FN2O. The molecule has 4 heteroatoms. The number of halogens is 1.